The number of hydrogen-bond donors (Lipinski definition) is 2. The smallest absolute Gasteiger partial charge is 0.178 e. The summed E-state index contributed by atoms with van der Waals surface area (Å²) >= 11 is 0. The molecule has 0 atom stereocenters. The second-order valence-electron chi connectivity index (χ2n) is 3.72. The van der Waals surface area contributed by atoms with Crippen LogP contribution in [0.5, 0.6) is 0 Å². The van der Waals surface area contributed by atoms with E-state index >= 15 is 0 Å². The molecule has 1 fully saturated rings. The van der Waals surface area contributed by atoms with Gasteiger partial charge in [0.05, 0.1) is 11.4 Å². The zero-order chi connectivity index (χ0) is 10.7. The molecule has 1 aromatic heterocycles. The second kappa shape index (κ2) is 4.21. The number of aromatic nitrogens is 2. The summed E-state index contributed by atoms with van der Waals surface area (Å²) in [5, 5.41) is 5.95. The first kappa shape index (κ1) is 9.83. The third-order valence-electron chi connectivity index (χ3n) is 2.69. The van der Waals surface area contributed by atoms with Crippen LogP contribution in [-0.4, -0.2) is 15.7 Å². The fourth-order valence-corrected chi connectivity index (χ4v) is 1.84. The van der Waals surface area contributed by atoms with E-state index in [1.165, 1.54) is 6.33 Å². The molecular weight excluding hydrogens is 188 g/mol. The second-order valence-corrected chi connectivity index (χ2v) is 3.72. The molecule has 1 aromatic rings. The van der Waals surface area contributed by atoms with Crippen molar-refractivity contribution in [3.05, 3.63) is 29.9 Å². The van der Waals surface area contributed by atoms with E-state index in [1.54, 1.807) is 6.20 Å². The molecule has 78 valence electrons. The van der Waals surface area contributed by atoms with Gasteiger partial charge in [0, 0.05) is 18.2 Å². The van der Waals surface area contributed by atoms with Gasteiger partial charge in [0.15, 0.2) is 5.71 Å². The molecule has 1 aliphatic carbocycles. The van der Waals surface area contributed by atoms with Crippen molar-refractivity contribution in [2.45, 2.75) is 25.7 Å². The molecule has 0 bridgehead atoms. The minimum Gasteiger partial charge on any atom is -0.397 e. The van der Waals surface area contributed by atoms with Gasteiger partial charge < -0.3 is 5.73 Å². The van der Waals surface area contributed by atoms with E-state index in [0.717, 1.165) is 42.7 Å². The Morgan fingerprint density at radius 3 is 2.80 bits per heavy atom. The number of nitrogens with two attached hydrogens (primary N) is 2. The lowest BCUT2D eigenvalue weighted by atomic mass is 9.91. The molecule has 1 heterocycles. The fraction of sp³-hybridized carbons (Fsp3) is 0.364. The zero-order valence-corrected chi connectivity index (χ0v) is 8.61. The minimum absolute atomic E-state index is 0.703. The third-order valence-corrected chi connectivity index (χ3v) is 2.69. The van der Waals surface area contributed by atoms with Crippen LogP contribution in [0.4, 0.5) is 0 Å². The van der Waals surface area contributed by atoms with Gasteiger partial charge in [-0.05, 0) is 25.3 Å². The molecule has 1 aliphatic rings. The van der Waals surface area contributed by atoms with Crippen LogP contribution in [0.2, 0.25) is 0 Å². The molecule has 4 nitrogen and oxygen atoms in total. The van der Waals surface area contributed by atoms with E-state index in [2.05, 4.69) is 9.97 Å². The van der Waals surface area contributed by atoms with Crippen LogP contribution >= 0.6 is 0 Å². The van der Waals surface area contributed by atoms with Gasteiger partial charge in [0.1, 0.15) is 6.33 Å². The lowest BCUT2D eigenvalue weighted by molar-refractivity contribution is -0.116. The molecule has 0 aliphatic heterocycles. The van der Waals surface area contributed by atoms with Crippen LogP contribution < -0.4 is 11.1 Å². The number of rotatable bonds is 1. The molecule has 15 heavy (non-hydrogen) atoms. The highest BCUT2D eigenvalue weighted by Crippen LogP contribution is 2.23. The van der Waals surface area contributed by atoms with Crippen molar-refractivity contribution < 1.29 is 5.41 Å². The quantitative estimate of drug-likeness (QED) is 0.670. The number of allylic oxidation sites excluding steroid dienone is 1. The maximum absolute atomic E-state index is 6.05. The van der Waals surface area contributed by atoms with Gasteiger partial charge in [-0.3, -0.25) is 5.41 Å². The average Bonchev–Trinajstić information content (AvgIpc) is 2.30. The van der Waals surface area contributed by atoms with E-state index in [9.17, 15) is 0 Å². The summed E-state index contributed by atoms with van der Waals surface area (Å²) in [5.74, 6) is 0. The highest BCUT2D eigenvalue weighted by molar-refractivity contribution is 6.02. The van der Waals surface area contributed by atoms with Crippen LogP contribution in [-0.2, 0) is 0 Å². The predicted octanol–water partition coefficient (Wildman–Crippen LogP) is -0.0795. The van der Waals surface area contributed by atoms with E-state index in [4.69, 9.17) is 11.1 Å². The molecule has 1 saturated carbocycles. The molecule has 4 heteroatoms. The summed E-state index contributed by atoms with van der Waals surface area (Å²) in [5.41, 5.74) is 9.50. The lowest BCUT2D eigenvalue weighted by Crippen LogP contribution is -2.42. The Morgan fingerprint density at radius 2 is 2.13 bits per heavy atom. The normalized spacial score (nSPS) is 20.1. The summed E-state index contributed by atoms with van der Waals surface area (Å²) in [6.07, 6.45) is 7.41. The molecule has 0 aromatic carbocycles. The SMILES string of the molecule is N/C(=C1/CCCCC1=[NH2+])c1ccncn1. The molecule has 2 rings (SSSR count). The maximum Gasteiger partial charge on any atom is 0.178 e. The summed E-state index contributed by atoms with van der Waals surface area (Å²) in [7, 11) is 0. The summed E-state index contributed by atoms with van der Waals surface area (Å²) in [6, 6.07) is 1.81. The van der Waals surface area contributed by atoms with Crippen molar-refractivity contribution in [1.82, 2.24) is 9.97 Å². The van der Waals surface area contributed by atoms with Gasteiger partial charge in [0.25, 0.3) is 0 Å². The summed E-state index contributed by atoms with van der Waals surface area (Å²) in [6.45, 7) is 0. The van der Waals surface area contributed by atoms with Crippen LogP contribution in [0.1, 0.15) is 31.4 Å². The summed E-state index contributed by atoms with van der Waals surface area (Å²) in [4.78, 5) is 7.99. The first-order chi connectivity index (χ1) is 7.29. The van der Waals surface area contributed by atoms with Gasteiger partial charge in [-0.15, -0.1) is 0 Å². The first-order valence-electron chi connectivity index (χ1n) is 5.15. The van der Waals surface area contributed by atoms with Crippen molar-refractivity contribution in [2.24, 2.45) is 5.73 Å². The molecule has 0 amide bonds. The van der Waals surface area contributed by atoms with Crippen molar-refractivity contribution in [2.75, 3.05) is 0 Å². The van der Waals surface area contributed by atoms with Gasteiger partial charge in [-0.2, -0.15) is 0 Å². The number of nitrogens with zero attached hydrogens (tertiary/aromatic N) is 2. The monoisotopic (exact) mass is 203 g/mol. The average molecular weight is 203 g/mol. The van der Waals surface area contributed by atoms with Gasteiger partial charge in [0.2, 0.25) is 0 Å². The van der Waals surface area contributed by atoms with Gasteiger partial charge in [-0.25, -0.2) is 9.97 Å². The van der Waals surface area contributed by atoms with Gasteiger partial charge in [-0.1, -0.05) is 0 Å². The van der Waals surface area contributed by atoms with Crippen LogP contribution in [0.25, 0.3) is 5.70 Å². The third kappa shape index (κ3) is 2.03. The zero-order valence-electron chi connectivity index (χ0n) is 8.61. The largest absolute Gasteiger partial charge is 0.397 e. The molecule has 0 unspecified atom stereocenters. The Bertz CT molecular complexity index is 394. The molecular formula is C11H15N4+. The van der Waals surface area contributed by atoms with Crippen molar-refractivity contribution in [3.63, 3.8) is 0 Å². The van der Waals surface area contributed by atoms with E-state index < -0.39 is 0 Å². The Kier molecular flexibility index (Phi) is 2.76. The van der Waals surface area contributed by atoms with E-state index in [0.29, 0.717) is 5.70 Å². The Labute approximate surface area is 88.8 Å². The van der Waals surface area contributed by atoms with E-state index in [1.807, 2.05) is 6.07 Å². The van der Waals surface area contributed by atoms with Crippen LogP contribution in [0.3, 0.4) is 0 Å². The lowest BCUT2D eigenvalue weighted by Gasteiger charge is -2.14. The predicted molar refractivity (Wildman–Crippen MR) is 58.5 cm³/mol. The van der Waals surface area contributed by atoms with Crippen molar-refractivity contribution >= 4 is 11.4 Å². The molecule has 0 spiro atoms. The highest BCUT2D eigenvalue weighted by Gasteiger charge is 2.20. The first-order valence-corrected chi connectivity index (χ1v) is 5.15. The van der Waals surface area contributed by atoms with Crippen molar-refractivity contribution in [3.8, 4) is 0 Å². The Morgan fingerprint density at radius 1 is 1.33 bits per heavy atom. The molecule has 4 N–H and O–H groups in total. The highest BCUT2D eigenvalue weighted by atomic mass is 14.8. The molecule has 0 saturated heterocycles. The Balaban J connectivity index is 2.35. The van der Waals surface area contributed by atoms with Crippen LogP contribution in [0, 0.1) is 0 Å². The standard InChI is InChI=1S/C11H14N4/c12-9-4-2-1-3-8(9)11(13)10-5-6-14-7-15-10/h5-7,12H,1-4,13H2/p+1/b11-8-,12-9?. The minimum atomic E-state index is 0.703. The maximum atomic E-state index is 6.05. The Hall–Kier alpha value is -1.71. The number of hydrogen-bond acceptors (Lipinski definition) is 3. The fourth-order valence-electron chi connectivity index (χ4n) is 1.84. The molecule has 0 radical (unpaired) electrons. The summed E-state index contributed by atoms with van der Waals surface area (Å²) < 4.78 is 0. The van der Waals surface area contributed by atoms with Crippen molar-refractivity contribution in [1.29, 1.82) is 0 Å². The topological polar surface area (TPSA) is 77.4 Å². The van der Waals surface area contributed by atoms with E-state index in [-0.39, 0.29) is 0 Å². The van der Waals surface area contributed by atoms with Crippen LogP contribution in [0.15, 0.2) is 24.2 Å². The van der Waals surface area contributed by atoms with Gasteiger partial charge >= 0.3 is 0 Å².